The fraction of sp³-hybridized carbons (Fsp3) is 0.857. The van der Waals surface area contributed by atoms with Gasteiger partial charge < -0.3 is 15.7 Å². The molecule has 2 bridgehead atoms. The Morgan fingerprint density at radius 1 is 1.11 bits per heavy atom. The van der Waals surface area contributed by atoms with E-state index in [1.54, 1.807) is 0 Å². The first-order chi connectivity index (χ1) is 9.16. The molecule has 5 unspecified atom stereocenters. The molecule has 3 N–H and O–H groups in total. The molecule has 1 heterocycles. The summed E-state index contributed by atoms with van der Waals surface area (Å²) in [5.41, 5.74) is 0. The smallest absolute Gasteiger partial charge is 0.308 e. The van der Waals surface area contributed by atoms with Crippen LogP contribution in [0.25, 0.3) is 0 Å². The molecule has 1 aliphatic heterocycles. The van der Waals surface area contributed by atoms with E-state index in [0.717, 1.165) is 45.1 Å². The van der Waals surface area contributed by atoms with Crippen LogP contribution in [0, 0.1) is 17.8 Å². The Kier molecular flexibility index (Phi) is 3.48. The maximum absolute atomic E-state index is 12.2. The second-order valence-corrected chi connectivity index (χ2v) is 6.23. The van der Waals surface area contributed by atoms with E-state index >= 15 is 0 Å². The third kappa shape index (κ3) is 2.36. The molecule has 2 aliphatic carbocycles. The Morgan fingerprint density at radius 3 is 2.58 bits per heavy atom. The van der Waals surface area contributed by atoms with Gasteiger partial charge in [-0.3, -0.25) is 9.59 Å². The topological polar surface area (TPSA) is 78.4 Å². The van der Waals surface area contributed by atoms with E-state index in [1.807, 2.05) is 0 Å². The van der Waals surface area contributed by atoms with Crippen LogP contribution >= 0.6 is 0 Å². The van der Waals surface area contributed by atoms with Gasteiger partial charge in [0.1, 0.15) is 0 Å². The summed E-state index contributed by atoms with van der Waals surface area (Å²) in [6.07, 6.45) is 6.11. The van der Waals surface area contributed by atoms with Crippen molar-refractivity contribution in [3.8, 4) is 0 Å². The molecule has 3 aliphatic rings. The molecule has 5 heteroatoms. The zero-order valence-corrected chi connectivity index (χ0v) is 11.1. The van der Waals surface area contributed by atoms with Gasteiger partial charge in [0, 0.05) is 6.04 Å². The van der Waals surface area contributed by atoms with Crippen LogP contribution in [0.3, 0.4) is 0 Å². The van der Waals surface area contributed by atoms with E-state index in [9.17, 15) is 14.7 Å². The average molecular weight is 266 g/mol. The van der Waals surface area contributed by atoms with Crippen LogP contribution in [0.15, 0.2) is 0 Å². The molecule has 3 rings (SSSR count). The molecule has 1 amide bonds. The van der Waals surface area contributed by atoms with Gasteiger partial charge in [-0.15, -0.1) is 0 Å². The molecular formula is C14H22N2O3. The van der Waals surface area contributed by atoms with Gasteiger partial charge in [-0.05, 0) is 50.5 Å². The quantitative estimate of drug-likeness (QED) is 0.704. The van der Waals surface area contributed by atoms with Gasteiger partial charge in [0.25, 0.3) is 0 Å². The van der Waals surface area contributed by atoms with Crippen LogP contribution in [0.2, 0.25) is 0 Å². The first-order valence-corrected chi connectivity index (χ1v) is 7.43. The summed E-state index contributed by atoms with van der Waals surface area (Å²) in [7, 11) is 0. The summed E-state index contributed by atoms with van der Waals surface area (Å²) in [6.45, 7) is 0.886. The SMILES string of the molecule is O=C(NC1C2CCC(C2)C1C(=O)O)C1CCCCN1. The van der Waals surface area contributed by atoms with Crippen molar-refractivity contribution in [3.63, 3.8) is 0 Å². The highest BCUT2D eigenvalue weighted by molar-refractivity contribution is 5.83. The lowest BCUT2D eigenvalue weighted by Gasteiger charge is -2.31. The first kappa shape index (κ1) is 12.9. The minimum Gasteiger partial charge on any atom is -0.481 e. The van der Waals surface area contributed by atoms with E-state index in [-0.39, 0.29) is 29.8 Å². The predicted molar refractivity (Wildman–Crippen MR) is 69.5 cm³/mol. The van der Waals surface area contributed by atoms with Crippen molar-refractivity contribution in [2.24, 2.45) is 17.8 Å². The number of carboxylic acid groups (broad SMARTS) is 1. The monoisotopic (exact) mass is 266 g/mol. The van der Waals surface area contributed by atoms with Crippen molar-refractivity contribution in [1.82, 2.24) is 10.6 Å². The van der Waals surface area contributed by atoms with Crippen molar-refractivity contribution >= 4 is 11.9 Å². The van der Waals surface area contributed by atoms with Gasteiger partial charge in [-0.1, -0.05) is 6.42 Å². The minimum absolute atomic E-state index is 0.00324. The van der Waals surface area contributed by atoms with Gasteiger partial charge in [-0.25, -0.2) is 0 Å². The highest BCUT2D eigenvalue weighted by Gasteiger charge is 2.51. The highest BCUT2D eigenvalue weighted by atomic mass is 16.4. The maximum atomic E-state index is 12.2. The lowest BCUT2D eigenvalue weighted by atomic mass is 9.84. The largest absolute Gasteiger partial charge is 0.481 e. The van der Waals surface area contributed by atoms with E-state index in [2.05, 4.69) is 10.6 Å². The summed E-state index contributed by atoms with van der Waals surface area (Å²) in [4.78, 5) is 23.6. The molecule has 3 fully saturated rings. The Balaban J connectivity index is 1.64. The number of hydrogen-bond acceptors (Lipinski definition) is 3. The van der Waals surface area contributed by atoms with Crippen molar-refractivity contribution in [2.75, 3.05) is 6.54 Å². The lowest BCUT2D eigenvalue weighted by Crippen LogP contribution is -2.53. The molecule has 5 atom stereocenters. The molecule has 0 aromatic heterocycles. The van der Waals surface area contributed by atoms with Crippen molar-refractivity contribution in [2.45, 2.75) is 50.6 Å². The summed E-state index contributed by atoms with van der Waals surface area (Å²) in [5.74, 6) is -0.463. The number of fused-ring (bicyclic) bond motifs is 2. The zero-order chi connectivity index (χ0) is 13.4. The van der Waals surface area contributed by atoms with E-state index < -0.39 is 5.97 Å². The number of nitrogens with one attached hydrogen (secondary N) is 2. The zero-order valence-electron chi connectivity index (χ0n) is 11.1. The molecule has 2 saturated carbocycles. The summed E-state index contributed by atoms with van der Waals surface area (Å²) in [6, 6.07) is -0.269. The highest BCUT2D eigenvalue weighted by Crippen LogP contribution is 2.48. The minimum atomic E-state index is -0.742. The first-order valence-electron chi connectivity index (χ1n) is 7.43. The number of carbonyl (C=O) groups excluding carboxylic acids is 1. The van der Waals surface area contributed by atoms with E-state index in [1.165, 1.54) is 0 Å². The van der Waals surface area contributed by atoms with Crippen LogP contribution in [0.4, 0.5) is 0 Å². The Labute approximate surface area is 113 Å². The van der Waals surface area contributed by atoms with E-state index in [0.29, 0.717) is 5.92 Å². The lowest BCUT2D eigenvalue weighted by molar-refractivity contribution is -0.144. The standard InChI is InChI=1S/C14H22N2O3/c17-13(10-3-1-2-6-15-10)16-12-9-5-4-8(7-9)11(12)14(18)19/h8-12,15H,1-7H2,(H,16,17)(H,18,19). The number of carbonyl (C=O) groups is 2. The molecule has 0 aromatic carbocycles. The maximum Gasteiger partial charge on any atom is 0.308 e. The Bertz CT molecular complexity index is 379. The molecule has 19 heavy (non-hydrogen) atoms. The molecule has 1 saturated heterocycles. The molecule has 0 aromatic rings. The van der Waals surface area contributed by atoms with Crippen LogP contribution < -0.4 is 10.6 Å². The molecular weight excluding hydrogens is 244 g/mol. The predicted octanol–water partition coefficient (Wildman–Crippen LogP) is 0.744. The number of rotatable bonds is 3. The summed E-state index contributed by atoms with van der Waals surface area (Å²) in [5, 5.41) is 15.6. The molecule has 0 spiro atoms. The number of hydrogen-bond donors (Lipinski definition) is 3. The fourth-order valence-corrected chi connectivity index (χ4v) is 4.19. The fourth-order valence-electron chi connectivity index (χ4n) is 4.19. The number of amides is 1. The van der Waals surface area contributed by atoms with Gasteiger partial charge in [0.05, 0.1) is 12.0 Å². The Hall–Kier alpha value is -1.10. The van der Waals surface area contributed by atoms with Crippen molar-refractivity contribution < 1.29 is 14.7 Å². The number of piperidine rings is 1. The average Bonchev–Trinajstić information content (AvgIpc) is 3.00. The van der Waals surface area contributed by atoms with Crippen LogP contribution in [-0.2, 0) is 9.59 Å². The molecule has 5 nitrogen and oxygen atoms in total. The third-order valence-electron chi connectivity index (χ3n) is 5.14. The molecule has 0 radical (unpaired) electrons. The summed E-state index contributed by atoms with van der Waals surface area (Å²) >= 11 is 0. The van der Waals surface area contributed by atoms with E-state index in [4.69, 9.17) is 0 Å². The van der Waals surface area contributed by atoms with Crippen molar-refractivity contribution in [1.29, 1.82) is 0 Å². The van der Waals surface area contributed by atoms with Crippen LogP contribution in [0.5, 0.6) is 0 Å². The number of aliphatic carboxylic acids is 1. The summed E-state index contributed by atoms with van der Waals surface area (Å²) < 4.78 is 0. The third-order valence-corrected chi connectivity index (χ3v) is 5.14. The molecule has 106 valence electrons. The Morgan fingerprint density at radius 2 is 1.89 bits per heavy atom. The van der Waals surface area contributed by atoms with Gasteiger partial charge in [-0.2, -0.15) is 0 Å². The second-order valence-electron chi connectivity index (χ2n) is 6.23. The van der Waals surface area contributed by atoms with Gasteiger partial charge in [0.2, 0.25) is 5.91 Å². The number of carboxylic acids is 1. The van der Waals surface area contributed by atoms with Crippen LogP contribution in [0.1, 0.15) is 38.5 Å². The second kappa shape index (κ2) is 5.12. The van der Waals surface area contributed by atoms with Crippen LogP contribution in [-0.4, -0.2) is 35.6 Å². The van der Waals surface area contributed by atoms with Crippen molar-refractivity contribution in [3.05, 3.63) is 0 Å². The normalized spacial score (nSPS) is 41.2. The van der Waals surface area contributed by atoms with Gasteiger partial charge >= 0.3 is 5.97 Å². The van der Waals surface area contributed by atoms with Gasteiger partial charge in [0.15, 0.2) is 0 Å².